The summed E-state index contributed by atoms with van der Waals surface area (Å²) in [6.45, 7) is -0.0695. The fraction of sp³-hybridized carbons (Fsp3) is 0.714. The van der Waals surface area contributed by atoms with Gasteiger partial charge in [0.15, 0.2) is 0 Å². The summed E-state index contributed by atoms with van der Waals surface area (Å²) in [5.74, 6) is 0.114. The second kappa shape index (κ2) is 6.91. The summed E-state index contributed by atoms with van der Waals surface area (Å²) in [6, 6.07) is -0.543. The van der Waals surface area contributed by atoms with Gasteiger partial charge in [-0.05, 0) is 0 Å². The second-order valence-electron chi connectivity index (χ2n) is 3.11. The van der Waals surface area contributed by atoms with E-state index in [2.05, 4.69) is 10.2 Å². The van der Waals surface area contributed by atoms with Crippen LogP contribution in [0.2, 0.25) is 0 Å². The maximum absolute atomic E-state index is 11.6. The van der Waals surface area contributed by atoms with E-state index in [0.29, 0.717) is 5.75 Å². The average Bonchev–Trinajstić information content (AvgIpc) is 2.63. The van der Waals surface area contributed by atoms with E-state index in [1.165, 1.54) is 11.9 Å². The molecular weight excluding hydrogens is 254 g/mol. The van der Waals surface area contributed by atoms with Gasteiger partial charge in [0.25, 0.3) is 10.3 Å². The van der Waals surface area contributed by atoms with Crippen molar-refractivity contribution in [3.05, 3.63) is 10.1 Å². The molecule has 1 heterocycles. The molecule has 2 amide bonds. The van der Waals surface area contributed by atoms with Crippen molar-refractivity contribution in [3.63, 3.8) is 0 Å². The molecule has 1 unspecified atom stereocenters. The number of rotatable bonds is 5. The van der Waals surface area contributed by atoms with Crippen molar-refractivity contribution >= 4 is 22.9 Å². The lowest BCUT2D eigenvalue weighted by atomic mass is 10.3. The van der Waals surface area contributed by atoms with Gasteiger partial charge in [0.05, 0.1) is 0 Å². The molecule has 3 N–H and O–H groups in total. The Morgan fingerprint density at radius 2 is 2.41 bits per heavy atom. The lowest BCUT2D eigenvalue weighted by molar-refractivity contribution is -0.757. The van der Waals surface area contributed by atoms with E-state index >= 15 is 0 Å². The van der Waals surface area contributed by atoms with Gasteiger partial charge in [-0.2, -0.15) is 0 Å². The highest BCUT2D eigenvalue weighted by atomic mass is 32.2. The largest absolute Gasteiger partial charge is 0.412 e. The van der Waals surface area contributed by atoms with Crippen LogP contribution in [0, 0.1) is 10.1 Å². The Morgan fingerprint density at radius 1 is 1.76 bits per heavy atom. The Morgan fingerprint density at radius 3 is 2.88 bits per heavy atom. The fourth-order valence-corrected chi connectivity index (χ4v) is 1.92. The minimum absolute atomic E-state index is 0. The molecule has 17 heavy (non-hydrogen) atoms. The number of hydrogen-bond acceptors (Lipinski definition) is 6. The molecule has 1 fully saturated rings. The summed E-state index contributed by atoms with van der Waals surface area (Å²) in [5.41, 5.74) is 0. The molecule has 1 atom stereocenters. The van der Waals surface area contributed by atoms with Crippen molar-refractivity contribution in [1.82, 2.24) is 10.2 Å². The van der Waals surface area contributed by atoms with Crippen molar-refractivity contribution in [2.45, 2.75) is 6.04 Å². The maximum Gasteiger partial charge on any atom is 0.294 e. The van der Waals surface area contributed by atoms with Gasteiger partial charge in [-0.15, -0.1) is 10.1 Å². The maximum atomic E-state index is 11.6. The number of likely N-dealkylation sites (N-methyl/N-ethyl adjacent to an activating group) is 1. The first-order valence-corrected chi connectivity index (χ1v) is 5.45. The normalized spacial score (nSPS) is 17.9. The second-order valence-corrected chi connectivity index (χ2v) is 4.10. The Labute approximate surface area is 101 Å². The summed E-state index contributed by atoms with van der Waals surface area (Å²) >= 11 is 1.04. The molecule has 1 rings (SSSR count). The highest BCUT2D eigenvalue weighted by molar-refractivity contribution is 8.14. The van der Waals surface area contributed by atoms with Crippen LogP contribution in [-0.4, -0.2) is 58.6 Å². The van der Waals surface area contributed by atoms with E-state index in [1.807, 2.05) is 0 Å². The quantitative estimate of drug-likeness (QED) is 0.483. The zero-order valence-electron chi connectivity index (χ0n) is 9.04. The number of nitrogens with zero attached hydrogens (tertiary/aromatic N) is 2. The lowest BCUT2D eigenvalue weighted by Gasteiger charge is -2.19. The zero-order chi connectivity index (χ0) is 12.1. The van der Waals surface area contributed by atoms with Crippen molar-refractivity contribution < 1.29 is 25.0 Å². The van der Waals surface area contributed by atoms with Gasteiger partial charge in [0.1, 0.15) is 12.6 Å². The summed E-state index contributed by atoms with van der Waals surface area (Å²) < 4.78 is 0. The summed E-state index contributed by atoms with van der Waals surface area (Å²) in [6.07, 6.45) is 0. The molecule has 1 aliphatic heterocycles. The molecule has 98 valence electrons. The third-order valence-electron chi connectivity index (χ3n) is 1.97. The number of hydrogen-bond donors (Lipinski definition) is 1. The molecule has 0 aromatic carbocycles. The topological polar surface area (TPSA) is 133 Å². The van der Waals surface area contributed by atoms with Crippen molar-refractivity contribution in [1.29, 1.82) is 0 Å². The van der Waals surface area contributed by atoms with E-state index in [9.17, 15) is 19.7 Å². The molecule has 0 bridgehead atoms. The molecule has 0 aliphatic carbocycles. The highest BCUT2D eigenvalue weighted by Crippen LogP contribution is 2.14. The van der Waals surface area contributed by atoms with E-state index in [0.717, 1.165) is 11.8 Å². The Bertz CT molecular complexity index is 312. The summed E-state index contributed by atoms with van der Waals surface area (Å²) in [7, 11) is 1.50. The van der Waals surface area contributed by atoms with Crippen LogP contribution in [0.25, 0.3) is 0 Å². The monoisotopic (exact) mass is 267 g/mol. The summed E-state index contributed by atoms with van der Waals surface area (Å²) in [4.78, 5) is 37.7. The van der Waals surface area contributed by atoms with Crippen LogP contribution in [0.3, 0.4) is 0 Å². The van der Waals surface area contributed by atoms with E-state index in [1.54, 1.807) is 0 Å². The van der Waals surface area contributed by atoms with Crippen molar-refractivity contribution in [2.75, 3.05) is 26.0 Å². The first-order valence-electron chi connectivity index (χ1n) is 4.46. The van der Waals surface area contributed by atoms with Crippen LogP contribution >= 0.6 is 11.8 Å². The minimum Gasteiger partial charge on any atom is -0.412 e. The molecule has 0 aromatic heterocycles. The number of nitrogens with one attached hydrogen (secondary N) is 1. The van der Waals surface area contributed by atoms with Gasteiger partial charge in [0, 0.05) is 19.3 Å². The Balaban J connectivity index is 0.00000256. The van der Waals surface area contributed by atoms with Crippen LogP contribution < -0.4 is 5.32 Å². The standard InChI is InChI=1S/C7H11N3O5S.H2O/c1-9(2-3-15-10(13)14)6(11)5-4-16-7(12)8-5;/h5H,2-4H2,1H3,(H,8,12);1H2. The zero-order valence-corrected chi connectivity index (χ0v) is 9.86. The molecule has 9 nitrogen and oxygen atoms in total. The number of carbonyl (C=O) groups is 2. The van der Waals surface area contributed by atoms with E-state index < -0.39 is 11.1 Å². The summed E-state index contributed by atoms with van der Waals surface area (Å²) in [5, 5.41) is 11.2. The van der Waals surface area contributed by atoms with Gasteiger partial charge in [0.2, 0.25) is 5.91 Å². The third kappa shape index (κ3) is 4.87. The molecular formula is C7H13N3O6S. The number of amides is 2. The van der Waals surface area contributed by atoms with Gasteiger partial charge < -0.3 is 20.5 Å². The SMILES string of the molecule is CN(CCO[N+](=O)[O-])C(=O)C1CSC(=O)N1.O. The van der Waals surface area contributed by atoms with Crippen LogP contribution in [0.15, 0.2) is 0 Å². The molecule has 0 radical (unpaired) electrons. The third-order valence-corrected chi connectivity index (χ3v) is 2.85. The highest BCUT2D eigenvalue weighted by Gasteiger charge is 2.29. The Kier molecular flexibility index (Phi) is 6.28. The van der Waals surface area contributed by atoms with E-state index in [-0.39, 0.29) is 29.8 Å². The van der Waals surface area contributed by atoms with Crippen LogP contribution in [-0.2, 0) is 9.63 Å². The van der Waals surface area contributed by atoms with Gasteiger partial charge in [-0.3, -0.25) is 9.59 Å². The molecule has 10 heteroatoms. The van der Waals surface area contributed by atoms with Gasteiger partial charge >= 0.3 is 0 Å². The lowest BCUT2D eigenvalue weighted by Crippen LogP contribution is -2.44. The molecule has 1 saturated heterocycles. The average molecular weight is 267 g/mol. The number of carbonyl (C=O) groups excluding carboxylic acids is 2. The molecule has 0 spiro atoms. The van der Waals surface area contributed by atoms with Gasteiger partial charge in [-0.25, -0.2) is 0 Å². The molecule has 1 aliphatic rings. The van der Waals surface area contributed by atoms with Gasteiger partial charge in [-0.1, -0.05) is 11.8 Å². The van der Waals surface area contributed by atoms with Crippen LogP contribution in [0.1, 0.15) is 0 Å². The molecule has 0 aromatic rings. The molecule has 0 saturated carbocycles. The van der Waals surface area contributed by atoms with Crippen LogP contribution in [0.4, 0.5) is 4.79 Å². The smallest absolute Gasteiger partial charge is 0.294 e. The Hall–Kier alpha value is -1.55. The van der Waals surface area contributed by atoms with Crippen molar-refractivity contribution in [3.8, 4) is 0 Å². The fourth-order valence-electron chi connectivity index (χ4n) is 1.15. The van der Waals surface area contributed by atoms with E-state index in [4.69, 9.17) is 0 Å². The van der Waals surface area contributed by atoms with Crippen molar-refractivity contribution in [2.24, 2.45) is 0 Å². The first kappa shape index (κ1) is 15.4. The first-order chi connectivity index (χ1) is 7.50. The van der Waals surface area contributed by atoms with Crippen LogP contribution in [0.5, 0.6) is 0 Å². The minimum atomic E-state index is -0.911. The predicted octanol–water partition coefficient (Wildman–Crippen LogP) is -1.35. The predicted molar refractivity (Wildman–Crippen MR) is 59.0 cm³/mol. The number of thioether (sulfide) groups is 1.